The maximum Gasteiger partial charge on any atom is 0.392 e. The Morgan fingerprint density at radius 3 is 1.82 bits per heavy atom. The van der Waals surface area contributed by atoms with E-state index in [2.05, 4.69) is 0 Å². The van der Waals surface area contributed by atoms with E-state index in [0.717, 1.165) is 0 Å². The summed E-state index contributed by atoms with van der Waals surface area (Å²) < 4.78 is 43.8. The van der Waals surface area contributed by atoms with E-state index in [9.17, 15) is 18.3 Å². The Balaban J connectivity index is 2.51. The third-order valence-corrected chi connectivity index (χ3v) is 3.60. The molecule has 0 saturated carbocycles. The first-order valence-corrected chi connectivity index (χ1v) is 6.82. The molecule has 118 valence electrons. The molecule has 22 heavy (non-hydrogen) atoms. The molecule has 2 rings (SSSR count). The molecule has 2 aromatic rings. The fourth-order valence-corrected chi connectivity index (χ4v) is 2.38. The van der Waals surface area contributed by atoms with Crippen molar-refractivity contribution in [1.29, 1.82) is 0 Å². The predicted molar refractivity (Wildman–Crippen MR) is 78.1 cm³/mol. The molecule has 6 heteroatoms. The molecule has 1 N–H and O–H groups in total. The second kappa shape index (κ2) is 6.18. The van der Waals surface area contributed by atoms with E-state index in [-0.39, 0.29) is 11.1 Å². The van der Waals surface area contributed by atoms with Crippen molar-refractivity contribution >= 4 is 11.6 Å². The van der Waals surface area contributed by atoms with Gasteiger partial charge in [0, 0.05) is 5.02 Å². The summed E-state index contributed by atoms with van der Waals surface area (Å²) in [6, 6.07) is 11.5. The highest BCUT2D eigenvalue weighted by molar-refractivity contribution is 6.30. The van der Waals surface area contributed by atoms with Crippen LogP contribution in [0.1, 0.15) is 17.5 Å². The fraction of sp³-hybridized carbons (Fsp3) is 0.250. The number of hydrogen-bond donors (Lipinski definition) is 1. The lowest BCUT2D eigenvalue weighted by Crippen LogP contribution is -2.33. The Morgan fingerprint density at radius 2 is 1.41 bits per heavy atom. The van der Waals surface area contributed by atoms with Crippen LogP contribution in [0.2, 0.25) is 5.02 Å². The Hall–Kier alpha value is -1.72. The van der Waals surface area contributed by atoms with Crippen LogP contribution in [0.5, 0.6) is 5.75 Å². The van der Waals surface area contributed by atoms with Crippen molar-refractivity contribution in [3.05, 3.63) is 64.7 Å². The van der Waals surface area contributed by atoms with Gasteiger partial charge < -0.3 is 9.84 Å². The third-order valence-electron chi connectivity index (χ3n) is 3.35. The first kappa shape index (κ1) is 16.6. The van der Waals surface area contributed by atoms with Gasteiger partial charge in [0.25, 0.3) is 0 Å². The quantitative estimate of drug-likeness (QED) is 0.892. The van der Waals surface area contributed by atoms with Gasteiger partial charge in [-0.25, -0.2) is 0 Å². The second-order valence-corrected chi connectivity index (χ2v) is 5.32. The first-order chi connectivity index (χ1) is 10.2. The minimum atomic E-state index is -4.53. The lowest BCUT2D eigenvalue weighted by Gasteiger charge is -2.30. The van der Waals surface area contributed by atoms with E-state index in [0.29, 0.717) is 10.8 Å². The summed E-state index contributed by atoms with van der Waals surface area (Å²) in [5.41, 5.74) is -1.93. The predicted octanol–water partition coefficient (Wildman–Crippen LogP) is 4.54. The van der Waals surface area contributed by atoms with Crippen molar-refractivity contribution in [3.63, 3.8) is 0 Å². The number of halogens is 4. The average Bonchev–Trinajstić information content (AvgIpc) is 2.46. The zero-order valence-electron chi connectivity index (χ0n) is 11.7. The van der Waals surface area contributed by atoms with E-state index in [1.165, 1.54) is 55.6 Å². The van der Waals surface area contributed by atoms with Crippen LogP contribution in [0.15, 0.2) is 48.5 Å². The molecule has 0 aliphatic carbocycles. The summed E-state index contributed by atoms with van der Waals surface area (Å²) in [6.07, 6.45) is -5.93. The highest BCUT2D eigenvalue weighted by Crippen LogP contribution is 2.40. The molecule has 0 aromatic heterocycles. The number of alkyl halides is 3. The Bertz CT molecular complexity index is 623. The molecule has 1 unspecified atom stereocenters. The van der Waals surface area contributed by atoms with Gasteiger partial charge in [0.1, 0.15) is 11.4 Å². The largest absolute Gasteiger partial charge is 0.497 e. The first-order valence-electron chi connectivity index (χ1n) is 6.44. The lowest BCUT2D eigenvalue weighted by molar-refractivity contribution is -0.169. The van der Waals surface area contributed by atoms with Gasteiger partial charge in [0.15, 0.2) is 0 Å². The highest BCUT2D eigenvalue weighted by atomic mass is 35.5. The van der Waals surface area contributed by atoms with E-state index < -0.39 is 18.2 Å². The van der Waals surface area contributed by atoms with Gasteiger partial charge in [0.05, 0.1) is 13.5 Å². The average molecular weight is 331 g/mol. The Morgan fingerprint density at radius 1 is 0.955 bits per heavy atom. The van der Waals surface area contributed by atoms with Gasteiger partial charge >= 0.3 is 6.18 Å². The zero-order valence-corrected chi connectivity index (χ0v) is 12.4. The number of benzene rings is 2. The van der Waals surface area contributed by atoms with Gasteiger partial charge in [-0.2, -0.15) is 13.2 Å². The molecular weight excluding hydrogens is 317 g/mol. The van der Waals surface area contributed by atoms with Gasteiger partial charge in [-0.15, -0.1) is 0 Å². The van der Waals surface area contributed by atoms with Gasteiger partial charge in [-0.3, -0.25) is 0 Å². The normalized spacial score (nSPS) is 14.5. The lowest BCUT2D eigenvalue weighted by atomic mass is 9.83. The van der Waals surface area contributed by atoms with Crippen molar-refractivity contribution < 1.29 is 23.0 Å². The van der Waals surface area contributed by atoms with Crippen LogP contribution in [0.3, 0.4) is 0 Å². The summed E-state index contributed by atoms with van der Waals surface area (Å²) in [4.78, 5) is 0. The maximum atomic E-state index is 12.9. The van der Waals surface area contributed by atoms with Gasteiger partial charge in [0.2, 0.25) is 0 Å². The monoisotopic (exact) mass is 330 g/mol. The highest BCUT2D eigenvalue weighted by Gasteiger charge is 2.43. The molecule has 2 nitrogen and oxygen atoms in total. The Kier molecular flexibility index (Phi) is 4.68. The standard InChI is InChI=1S/C16H14ClF3O2/c1-22-14-8-4-12(5-9-14)15(21,10-16(18,19)20)11-2-6-13(17)7-3-11/h2-9,21H,10H2,1H3. The molecule has 0 aliphatic rings. The van der Waals surface area contributed by atoms with Crippen LogP contribution in [-0.4, -0.2) is 18.4 Å². The van der Waals surface area contributed by atoms with E-state index in [1.807, 2.05) is 0 Å². The minimum absolute atomic E-state index is 0.124. The minimum Gasteiger partial charge on any atom is -0.497 e. The van der Waals surface area contributed by atoms with Gasteiger partial charge in [-0.1, -0.05) is 35.9 Å². The van der Waals surface area contributed by atoms with Crippen molar-refractivity contribution in [3.8, 4) is 5.75 Å². The van der Waals surface area contributed by atoms with Crippen molar-refractivity contribution in [1.82, 2.24) is 0 Å². The van der Waals surface area contributed by atoms with Crippen LogP contribution in [0.4, 0.5) is 13.2 Å². The molecule has 0 aliphatic heterocycles. The molecule has 0 amide bonds. The van der Waals surface area contributed by atoms with E-state index >= 15 is 0 Å². The van der Waals surface area contributed by atoms with Crippen LogP contribution in [0, 0.1) is 0 Å². The number of methoxy groups -OCH3 is 1. The number of aliphatic hydroxyl groups is 1. The third kappa shape index (κ3) is 3.72. The summed E-state index contributed by atoms with van der Waals surface area (Å²) in [6.45, 7) is 0. The van der Waals surface area contributed by atoms with Crippen LogP contribution in [-0.2, 0) is 5.60 Å². The maximum absolute atomic E-state index is 12.9. The van der Waals surface area contributed by atoms with E-state index in [4.69, 9.17) is 16.3 Å². The number of hydrogen-bond acceptors (Lipinski definition) is 2. The Labute approximate surface area is 131 Å². The summed E-state index contributed by atoms with van der Waals surface area (Å²) in [5.74, 6) is 0.495. The molecule has 0 bridgehead atoms. The summed E-state index contributed by atoms with van der Waals surface area (Å²) >= 11 is 5.76. The van der Waals surface area contributed by atoms with Crippen molar-refractivity contribution in [2.45, 2.75) is 18.2 Å². The molecule has 0 fully saturated rings. The SMILES string of the molecule is COc1ccc(C(O)(CC(F)(F)F)c2ccc(Cl)cc2)cc1. The summed E-state index contributed by atoms with van der Waals surface area (Å²) in [5, 5.41) is 11.1. The molecule has 0 heterocycles. The molecule has 0 radical (unpaired) electrons. The van der Waals surface area contributed by atoms with Crippen LogP contribution >= 0.6 is 11.6 Å². The van der Waals surface area contributed by atoms with Crippen LogP contribution in [0.25, 0.3) is 0 Å². The molecular formula is C16H14ClF3O2. The van der Waals surface area contributed by atoms with Crippen molar-refractivity contribution in [2.24, 2.45) is 0 Å². The smallest absolute Gasteiger partial charge is 0.392 e. The molecule has 0 spiro atoms. The van der Waals surface area contributed by atoms with E-state index in [1.54, 1.807) is 0 Å². The molecule has 0 saturated heterocycles. The fourth-order valence-electron chi connectivity index (χ4n) is 2.25. The number of ether oxygens (including phenoxy) is 1. The topological polar surface area (TPSA) is 29.5 Å². The van der Waals surface area contributed by atoms with Gasteiger partial charge in [-0.05, 0) is 35.4 Å². The zero-order chi connectivity index (χ0) is 16.4. The van der Waals surface area contributed by atoms with Crippen LogP contribution < -0.4 is 4.74 Å². The summed E-state index contributed by atoms with van der Waals surface area (Å²) in [7, 11) is 1.45. The second-order valence-electron chi connectivity index (χ2n) is 4.89. The molecule has 2 aromatic carbocycles. The van der Waals surface area contributed by atoms with Crippen molar-refractivity contribution in [2.75, 3.05) is 7.11 Å². The number of rotatable bonds is 4. The molecule has 1 atom stereocenters.